The summed E-state index contributed by atoms with van der Waals surface area (Å²) in [6.07, 6.45) is 0.294. The van der Waals surface area contributed by atoms with Crippen LogP contribution in [0.1, 0.15) is 41.8 Å². The minimum Gasteiger partial charge on any atom is -0.336 e. The highest BCUT2D eigenvalue weighted by Gasteiger charge is 2.33. The third kappa shape index (κ3) is 4.41. The maximum atomic E-state index is 13.2. The van der Waals surface area contributed by atoms with Gasteiger partial charge in [0, 0.05) is 31.6 Å². The van der Waals surface area contributed by atoms with E-state index < -0.39 is 0 Å². The van der Waals surface area contributed by atoms with Gasteiger partial charge in [0.25, 0.3) is 5.91 Å². The zero-order chi connectivity index (χ0) is 20.3. The second-order valence-electron chi connectivity index (χ2n) is 7.78. The summed E-state index contributed by atoms with van der Waals surface area (Å²) < 4.78 is 13.2. The molecule has 1 aliphatic rings. The molecule has 0 bridgehead atoms. The first-order chi connectivity index (χ1) is 13.4. The molecule has 4 nitrogen and oxygen atoms in total. The lowest BCUT2D eigenvalue weighted by molar-refractivity contribution is -0.134. The van der Waals surface area contributed by atoms with Crippen LogP contribution in [0.15, 0.2) is 48.5 Å². The molecule has 2 aromatic carbocycles. The van der Waals surface area contributed by atoms with Gasteiger partial charge in [0.1, 0.15) is 5.82 Å². The summed E-state index contributed by atoms with van der Waals surface area (Å²) in [6, 6.07) is 13.7. The molecule has 0 aliphatic carbocycles. The summed E-state index contributed by atoms with van der Waals surface area (Å²) >= 11 is 0. The first-order valence-corrected chi connectivity index (χ1v) is 9.75. The van der Waals surface area contributed by atoms with Crippen molar-refractivity contribution < 1.29 is 14.0 Å². The second kappa shape index (κ2) is 8.55. The number of nitrogens with zero attached hydrogens (tertiary/aromatic N) is 2. The van der Waals surface area contributed by atoms with Crippen molar-refractivity contribution >= 4 is 11.8 Å². The molecule has 1 aliphatic heterocycles. The molecule has 3 rings (SSSR count). The van der Waals surface area contributed by atoms with Crippen LogP contribution >= 0.6 is 0 Å². The summed E-state index contributed by atoms with van der Waals surface area (Å²) in [5, 5.41) is 0. The number of benzene rings is 2. The fourth-order valence-electron chi connectivity index (χ4n) is 3.71. The Kier molecular flexibility index (Phi) is 6.12. The first-order valence-electron chi connectivity index (χ1n) is 9.75. The summed E-state index contributed by atoms with van der Waals surface area (Å²) in [5.74, 6) is -0.0979. The summed E-state index contributed by atoms with van der Waals surface area (Å²) in [5.41, 5.74) is 2.51. The normalized spacial score (nSPS) is 17.8. The molecule has 28 heavy (non-hydrogen) atoms. The Morgan fingerprint density at radius 2 is 1.82 bits per heavy atom. The molecule has 1 atom stereocenters. The summed E-state index contributed by atoms with van der Waals surface area (Å²) in [7, 11) is 0. The van der Waals surface area contributed by atoms with Gasteiger partial charge in [-0.05, 0) is 42.2 Å². The number of aryl methyl sites for hydroxylation is 1. The predicted molar refractivity (Wildman–Crippen MR) is 107 cm³/mol. The molecule has 0 radical (unpaired) electrons. The van der Waals surface area contributed by atoms with Crippen LogP contribution in [0, 0.1) is 18.7 Å². The molecule has 2 amide bonds. The lowest BCUT2D eigenvalue weighted by Crippen LogP contribution is -2.47. The molecule has 0 saturated carbocycles. The smallest absolute Gasteiger partial charge is 0.254 e. The van der Waals surface area contributed by atoms with Crippen molar-refractivity contribution in [3.63, 3.8) is 0 Å². The van der Waals surface area contributed by atoms with Gasteiger partial charge in [0.05, 0.1) is 6.04 Å². The van der Waals surface area contributed by atoms with E-state index in [0.29, 0.717) is 31.6 Å². The van der Waals surface area contributed by atoms with Crippen molar-refractivity contribution in [3.05, 3.63) is 71.0 Å². The highest BCUT2D eigenvalue weighted by atomic mass is 19.1. The molecule has 0 unspecified atom stereocenters. The van der Waals surface area contributed by atoms with E-state index in [4.69, 9.17) is 0 Å². The Balaban J connectivity index is 1.84. The van der Waals surface area contributed by atoms with Crippen molar-refractivity contribution in [2.24, 2.45) is 5.92 Å². The van der Waals surface area contributed by atoms with Gasteiger partial charge >= 0.3 is 0 Å². The number of carbonyl (C=O) groups is 2. The maximum Gasteiger partial charge on any atom is 0.254 e. The van der Waals surface area contributed by atoms with Crippen LogP contribution < -0.4 is 0 Å². The van der Waals surface area contributed by atoms with Gasteiger partial charge in [-0.25, -0.2) is 4.39 Å². The number of amides is 2. The number of rotatable bonds is 4. The van der Waals surface area contributed by atoms with E-state index in [-0.39, 0.29) is 29.6 Å². The van der Waals surface area contributed by atoms with Gasteiger partial charge in [0.15, 0.2) is 0 Å². The van der Waals surface area contributed by atoms with Crippen molar-refractivity contribution in [2.75, 3.05) is 13.1 Å². The van der Waals surface area contributed by atoms with Crippen LogP contribution in [0.4, 0.5) is 4.39 Å². The first kappa shape index (κ1) is 20.1. The second-order valence-corrected chi connectivity index (χ2v) is 7.78. The minimum atomic E-state index is -0.290. The molecule has 148 valence electrons. The highest BCUT2D eigenvalue weighted by Crippen LogP contribution is 2.23. The fourth-order valence-corrected chi connectivity index (χ4v) is 3.71. The van der Waals surface area contributed by atoms with Crippen LogP contribution in [-0.4, -0.2) is 40.7 Å². The Hall–Kier alpha value is -2.69. The molecule has 1 saturated heterocycles. The quantitative estimate of drug-likeness (QED) is 0.801. The van der Waals surface area contributed by atoms with Crippen LogP contribution in [-0.2, 0) is 11.3 Å². The monoisotopic (exact) mass is 382 g/mol. The number of halogens is 1. The molecule has 0 N–H and O–H groups in total. The van der Waals surface area contributed by atoms with Crippen molar-refractivity contribution in [1.29, 1.82) is 0 Å². The lowest BCUT2D eigenvalue weighted by Gasteiger charge is -2.35. The maximum absolute atomic E-state index is 13.2. The molecule has 5 heteroatoms. The molecule has 0 spiro atoms. The van der Waals surface area contributed by atoms with Gasteiger partial charge < -0.3 is 9.80 Å². The van der Waals surface area contributed by atoms with E-state index in [0.717, 1.165) is 11.1 Å². The Morgan fingerprint density at radius 3 is 2.46 bits per heavy atom. The molecule has 1 heterocycles. The van der Waals surface area contributed by atoms with E-state index in [1.807, 2.05) is 36.1 Å². The van der Waals surface area contributed by atoms with Crippen molar-refractivity contribution in [1.82, 2.24) is 9.80 Å². The van der Waals surface area contributed by atoms with E-state index in [9.17, 15) is 14.0 Å². The fraction of sp³-hybridized carbons (Fsp3) is 0.391. The van der Waals surface area contributed by atoms with Crippen LogP contribution in [0.3, 0.4) is 0 Å². The Bertz CT molecular complexity index is 848. The molecular weight excluding hydrogens is 355 g/mol. The van der Waals surface area contributed by atoms with Crippen LogP contribution in [0.2, 0.25) is 0 Å². The van der Waals surface area contributed by atoms with Gasteiger partial charge in [0.2, 0.25) is 5.91 Å². The standard InChI is InChI=1S/C23H27FN2O2/c1-16(2)21-15-25(23(28)20-7-5-4-6-17(20)3)13-12-22(27)26(21)14-18-8-10-19(24)11-9-18/h4-11,16,21H,12-15H2,1-3H3/t21-/m0/s1. The summed E-state index contributed by atoms with van der Waals surface area (Å²) in [4.78, 5) is 29.6. The average molecular weight is 382 g/mol. The average Bonchev–Trinajstić information content (AvgIpc) is 2.83. The van der Waals surface area contributed by atoms with E-state index >= 15 is 0 Å². The van der Waals surface area contributed by atoms with Crippen molar-refractivity contribution in [3.8, 4) is 0 Å². The molecule has 2 aromatic rings. The summed E-state index contributed by atoms with van der Waals surface area (Å²) in [6.45, 7) is 7.40. The number of hydrogen-bond acceptors (Lipinski definition) is 2. The third-order valence-corrected chi connectivity index (χ3v) is 5.42. The van der Waals surface area contributed by atoms with Crippen molar-refractivity contribution in [2.45, 2.75) is 39.8 Å². The minimum absolute atomic E-state index is 0.0276. The topological polar surface area (TPSA) is 40.6 Å². The van der Waals surface area contributed by atoms with E-state index in [1.165, 1.54) is 12.1 Å². The van der Waals surface area contributed by atoms with Gasteiger partial charge in [-0.3, -0.25) is 9.59 Å². The zero-order valence-corrected chi connectivity index (χ0v) is 16.7. The number of hydrogen-bond donors (Lipinski definition) is 0. The predicted octanol–water partition coefficient (Wildman–Crippen LogP) is 4.03. The molecular formula is C23H27FN2O2. The van der Waals surface area contributed by atoms with E-state index in [1.54, 1.807) is 17.0 Å². The molecule has 1 fully saturated rings. The van der Waals surface area contributed by atoms with Crippen LogP contribution in [0.5, 0.6) is 0 Å². The largest absolute Gasteiger partial charge is 0.336 e. The Labute approximate surface area is 166 Å². The van der Waals surface area contributed by atoms with E-state index in [2.05, 4.69) is 13.8 Å². The third-order valence-electron chi connectivity index (χ3n) is 5.42. The zero-order valence-electron chi connectivity index (χ0n) is 16.7. The van der Waals surface area contributed by atoms with Crippen LogP contribution in [0.25, 0.3) is 0 Å². The van der Waals surface area contributed by atoms with Gasteiger partial charge in [-0.1, -0.05) is 44.2 Å². The highest BCUT2D eigenvalue weighted by molar-refractivity contribution is 5.96. The molecule has 0 aromatic heterocycles. The Morgan fingerprint density at radius 1 is 1.14 bits per heavy atom. The SMILES string of the molecule is Cc1ccccc1C(=O)N1CCC(=O)N(Cc2ccc(F)cc2)[C@H](C(C)C)C1. The lowest BCUT2D eigenvalue weighted by atomic mass is 10.0. The van der Waals surface area contributed by atoms with Gasteiger partial charge in [-0.15, -0.1) is 0 Å². The number of carbonyl (C=O) groups excluding carboxylic acids is 2. The van der Waals surface area contributed by atoms with Gasteiger partial charge in [-0.2, -0.15) is 0 Å².